The lowest BCUT2D eigenvalue weighted by atomic mass is 10.0. The van der Waals surface area contributed by atoms with Crippen LogP contribution in [0.2, 0.25) is 0 Å². The minimum atomic E-state index is -0.371. The SMILES string of the molecule is CC[C@H](C)NC(=O)/C(C#N)=C/c1c(OCc2ccccc2)ccc2ccccc12. The van der Waals surface area contributed by atoms with Crippen LogP contribution < -0.4 is 10.1 Å². The first kappa shape index (κ1) is 20.2. The van der Waals surface area contributed by atoms with Crippen molar-refractivity contribution in [3.05, 3.63) is 83.4 Å². The summed E-state index contributed by atoms with van der Waals surface area (Å²) in [4.78, 5) is 12.5. The maximum atomic E-state index is 12.5. The van der Waals surface area contributed by atoms with Crippen molar-refractivity contribution in [3.63, 3.8) is 0 Å². The summed E-state index contributed by atoms with van der Waals surface area (Å²) in [6.07, 6.45) is 2.42. The van der Waals surface area contributed by atoms with Gasteiger partial charge in [-0.2, -0.15) is 5.26 Å². The van der Waals surface area contributed by atoms with Gasteiger partial charge in [0.15, 0.2) is 0 Å². The zero-order valence-corrected chi connectivity index (χ0v) is 16.7. The maximum Gasteiger partial charge on any atom is 0.262 e. The van der Waals surface area contributed by atoms with Crippen molar-refractivity contribution in [1.29, 1.82) is 5.26 Å². The highest BCUT2D eigenvalue weighted by Crippen LogP contribution is 2.31. The van der Waals surface area contributed by atoms with E-state index in [1.165, 1.54) is 0 Å². The molecule has 0 aliphatic rings. The number of nitrogens with one attached hydrogen (secondary N) is 1. The van der Waals surface area contributed by atoms with Gasteiger partial charge in [0, 0.05) is 11.6 Å². The maximum absolute atomic E-state index is 12.5. The van der Waals surface area contributed by atoms with Crippen LogP contribution in [-0.2, 0) is 11.4 Å². The third-order valence-corrected chi connectivity index (χ3v) is 4.81. The molecule has 0 radical (unpaired) electrons. The molecule has 0 fully saturated rings. The molecule has 1 atom stereocenters. The largest absolute Gasteiger partial charge is 0.488 e. The summed E-state index contributed by atoms with van der Waals surface area (Å²) in [6, 6.07) is 23.7. The Balaban J connectivity index is 2.01. The van der Waals surface area contributed by atoms with Crippen molar-refractivity contribution < 1.29 is 9.53 Å². The van der Waals surface area contributed by atoms with E-state index in [1.54, 1.807) is 6.08 Å². The average Bonchev–Trinajstić information content (AvgIpc) is 2.76. The fraction of sp³-hybridized carbons (Fsp3) is 0.200. The highest BCUT2D eigenvalue weighted by atomic mass is 16.5. The Morgan fingerprint density at radius 2 is 1.83 bits per heavy atom. The van der Waals surface area contributed by atoms with Crippen molar-refractivity contribution in [2.75, 3.05) is 0 Å². The van der Waals surface area contributed by atoms with Crippen molar-refractivity contribution in [2.24, 2.45) is 0 Å². The number of carbonyl (C=O) groups excluding carboxylic acids is 1. The van der Waals surface area contributed by atoms with Crippen molar-refractivity contribution in [3.8, 4) is 11.8 Å². The van der Waals surface area contributed by atoms with Crippen LogP contribution in [0, 0.1) is 11.3 Å². The molecular formula is C25H24N2O2. The molecule has 1 N–H and O–H groups in total. The van der Waals surface area contributed by atoms with Crippen LogP contribution >= 0.6 is 0 Å². The number of amides is 1. The zero-order valence-electron chi connectivity index (χ0n) is 16.7. The summed E-state index contributed by atoms with van der Waals surface area (Å²) in [5.74, 6) is 0.264. The predicted molar refractivity (Wildman–Crippen MR) is 116 cm³/mol. The molecule has 1 amide bonds. The van der Waals surface area contributed by atoms with Gasteiger partial charge >= 0.3 is 0 Å². The molecule has 0 bridgehead atoms. The van der Waals surface area contributed by atoms with Gasteiger partial charge in [0.1, 0.15) is 24.0 Å². The number of hydrogen-bond acceptors (Lipinski definition) is 3. The summed E-state index contributed by atoms with van der Waals surface area (Å²) in [5.41, 5.74) is 1.84. The molecule has 0 heterocycles. The first-order valence-electron chi connectivity index (χ1n) is 9.73. The molecule has 0 aliphatic carbocycles. The molecule has 0 saturated carbocycles. The van der Waals surface area contributed by atoms with E-state index < -0.39 is 0 Å². The summed E-state index contributed by atoms with van der Waals surface area (Å²) in [7, 11) is 0. The Labute approximate surface area is 171 Å². The minimum absolute atomic E-state index is 0.000526. The van der Waals surface area contributed by atoms with Gasteiger partial charge in [-0.15, -0.1) is 0 Å². The van der Waals surface area contributed by atoms with Gasteiger partial charge < -0.3 is 10.1 Å². The van der Waals surface area contributed by atoms with E-state index in [9.17, 15) is 10.1 Å². The Hall–Kier alpha value is -3.58. The highest BCUT2D eigenvalue weighted by Gasteiger charge is 2.15. The van der Waals surface area contributed by atoms with Crippen LogP contribution in [0.25, 0.3) is 16.8 Å². The number of nitriles is 1. The molecular weight excluding hydrogens is 360 g/mol. The number of carbonyl (C=O) groups is 1. The number of rotatable bonds is 7. The van der Waals surface area contributed by atoms with Crippen molar-refractivity contribution in [1.82, 2.24) is 5.32 Å². The van der Waals surface area contributed by atoms with Gasteiger partial charge in [-0.25, -0.2) is 0 Å². The number of ether oxygens (including phenoxy) is 1. The molecule has 4 heteroatoms. The van der Waals surface area contributed by atoms with Crippen LogP contribution in [0.15, 0.2) is 72.3 Å². The Morgan fingerprint density at radius 3 is 2.55 bits per heavy atom. The quantitative estimate of drug-likeness (QED) is 0.447. The first-order valence-corrected chi connectivity index (χ1v) is 9.73. The smallest absolute Gasteiger partial charge is 0.262 e. The normalized spacial score (nSPS) is 12.2. The molecule has 3 aromatic carbocycles. The Kier molecular flexibility index (Phi) is 6.65. The van der Waals surface area contributed by atoms with Gasteiger partial charge in [-0.1, -0.05) is 67.6 Å². The molecule has 0 saturated heterocycles. The number of fused-ring (bicyclic) bond motifs is 1. The second-order valence-electron chi connectivity index (χ2n) is 6.93. The van der Waals surface area contributed by atoms with Crippen LogP contribution in [0.4, 0.5) is 0 Å². The lowest BCUT2D eigenvalue weighted by Gasteiger charge is -2.14. The fourth-order valence-corrected chi connectivity index (χ4v) is 2.98. The molecule has 0 spiro atoms. The first-order chi connectivity index (χ1) is 14.1. The standard InChI is InChI=1S/C25H24N2O2/c1-3-18(2)27-25(28)21(16-26)15-23-22-12-8-7-11-20(22)13-14-24(23)29-17-19-9-5-4-6-10-19/h4-15,18H,3,17H2,1-2H3,(H,27,28)/b21-15+/t18-/m0/s1. The third-order valence-electron chi connectivity index (χ3n) is 4.81. The van der Waals surface area contributed by atoms with E-state index in [4.69, 9.17) is 4.74 Å². The van der Waals surface area contributed by atoms with E-state index in [0.29, 0.717) is 12.4 Å². The summed E-state index contributed by atoms with van der Waals surface area (Å²) >= 11 is 0. The molecule has 0 unspecified atom stereocenters. The molecule has 146 valence electrons. The van der Waals surface area contributed by atoms with E-state index in [-0.39, 0.29) is 17.5 Å². The van der Waals surface area contributed by atoms with E-state index in [0.717, 1.165) is 28.3 Å². The number of benzene rings is 3. The Morgan fingerprint density at radius 1 is 1.10 bits per heavy atom. The van der Waals surface area contributed by atoms with Gasteiger partial charge in [-0.3, -0.25) is 4.79 Å². The lowest BCUT2D eigenvalue weighted by Crippen LogP contribution is -2.32. The molecule has 3 rings (SSSR count). The molecule has 3 aromatic rings. The summed E-state index contributed by atoms with van der Waals surface area (Å²) in [6.45, 7) is 4.31. The van der Waals surface area contributed by atoms with E-state index >= 15 is 0 Å². The zero-order chi connectivity index (χ0) is 20.6. The van der Waals surface area contributed by atoms with Crippen LogP contribution in [-0.4, -0.2) is 11.9 Å². The minimum Gasteiger partial charge on any atom is -0.488 e. The second-order valence-corrected chi connectivity index (χ2v) is 6.93. The highest BCUT2D eigenvalue weighted by molar-refractivity contribution is 6.05. The molecule has 0 aliphatic heterocycles. The predicted octanol–water partition coefficient (Wildman–Crippen LogP) is 5.24. The lowest BCUT2D eigenvalue weighted by molar-refractivity contribution is -0.117. The Bertz CT molecular complexity index is 1070. The van der Waals surface area contributed by atoms with Crippen LogP contribution in [0.1, 0.15) is 31.4 Å². The van der Waals surface area contributed by atoms with Gasteiger partial charge in [0.05, 0.1) is 0 Å². The monoisotopic (exact) mass is 384 g/mol. The molecule has 4 nitrogen and oxygen atoms in total. The van der Waals surface area contributed by atoms with Crippen LogP contribution in [0.5, 0.6) is 5.75 Å². The van der Waals surface area contributed by atoms with Gasteiger partial charge in [0.25, 0.3) is 5.91 Å². The summed E-state index contributed by atoms with van der Waals surface area (Å²) in [5, 5.41) is 14.4. The van der Waals surface area contributed by atoms with E-state index in [2.05, 4.69) is 5.32 Å². The van der Waals surface area contributed by atoms with Gasteiger partial charge in [0.2, 0.25) is 0 Å². The summed E-state index contributed by atoms with van der Waals surface area (Å²) < 4.78 is 6.07. The molecule has 0 aromatic heterocycles. The molecule has 29 heavy (non-hydrogen) atoms. The van der Waals surface area contributed by atoms with Gasteiger partial charge in [-0.05, 0) is 41.8 Å². The third kappa shape index (κ3) is 5.03. The topological polar surface area (TPSA) is 62.1 Å². The van der Waals surface area contributed by atoms with Crippen molar-refractivity contribution in [2.45, 2.75) is 32.9 Å². The van der Waals surface area contributed by atoms with Crippen molar-refractivity contribution >= 4 is 22.8 Å². The average molecular weight is 384 g/mol. The van der Waals surface area contributed by atoms with E-state index in [1.807, 2.05) is 86.6 Å². The number of nitrogens with zero attached hydrogens (tertiary/aromatic N) is 1. The van der Waals surface area contributed by atoms with Crippen LogP contribution in [0.3, 0.4) is 0 Å². The second kappa shape index (κ2) is 9.57. The fourth-order valence-electron chi connectivity index (χ4n) is 2.98. The number of hydrogen-bond donors (Lipinski definition) is 1.